The molecule has 1 saturated heterocycles. The summed E-state index contributed by atoms with van der Waals surface area (Å²) >= 11 is 0. The summed E-state index contributed by atoms with van der Waals surface area (Å²) in [4.78, 5) is 12.9. The van der Waals surface area contributed by atoms with Crippen molar-refractivity contribution >= 4 is 31.6 Å². The highest BCUT2D eigenvalue weighted by Gasteiger charge is 2.27. The summed E-state index contributed by atoms with van der Waals surface area (Å²) in [5.74, 6) is -0.428. The van der Waals surface area contributed by atoms with E-state index < -0.39 is 26.0 Å². The van der Waals surface area contributed by atoms with E-state index in [2.05, 4.69) is 10.0 Å². The lowest BCUT2D eigenvalue weighted by Crippen LogP contribution is -2.35. The van der Waals surface area contributed by atoms with Crippen molar-refractivity contribution in [3.05, 3.63) is 59.2 Å². The maximum absolute atomic E-state index is 13.0. The van der Waals surface area contributed by atoms with E-state index in [-0.39, 0.29) is 17.0 Å². The monoisotopic (exact) mass is 465 g/mol. The number of anilines is 1. The molecule has 10 heteroatoms. The van der Waals surface area contributed by atoms with Crippen LogP contribution in [0.5, 0.6) is 0 Å². The molecule has 0 saturated carbocycles. The molecule has 2 aromatic rings. The lowest BCUT2D eigenvalue weighted by atomic mass is 10.1. The van der Waals surface area contributed by atoms with Gasteiger partial charge in [0.2, 0.25) is 20.0 Å². The molecule has 1 amide bonds. The quantitative estimate of drug-likeness (QED) is 0.652. The van der Waals surface area contributed by atoms with Crippen LogP contribution in [0.25, 0.3) is 0 Å². The van der Waals surface area contributed by atoms with E-state index in [1.165, 1.54) is 16.4 Å². The molecule has 2 N–H and O–H groups in total. The summed E-state index contributed by atoms with van der Waals surface area (Å²) in [6.45, 7) is 2.80. The second kappa shape index (κ2) is 9.37. The summed E-state index contributed by atoms with van der Waals surface area (Å²) in [6, 6.07) is 11.3. The van der Waals surface area contributed by atoms with Gasteiger partial charge in [-0.15, -0.1) is 0 Å². The van der Waals surface area contributed by atoms with Crippen molar-refractivity contribution in [2.45, 2.75) is 37.6 Å². The van der Waals surface area contributed by atoms with Gasteiger partial charge in [0.05, 0.1) is 16.8 Å². The minimum Gasteiger partial charge on any atom is -0.348 e. The Balaban J connectivity index is 1.79. The van der Waals surface area contributed by atoms with E-state index in [4.69, 9.17) is 0 Å². The van der Waals surface area contributed by atoms with Crippen LogP contribution >= 0.6 is 0 Å². The van der Waals surface area contributed by atoms with Crippen molar-refractivity contribution in [3.8, 4) is 0 Å². The van der Waals surface area contributed by atoms with E-state index in [0.717, 1.165) is 25.5 Å². The number of carbonyl (C=O) groups excluding carboxylic acids is 1. The maximum Gasteiger partial charge on any atom is 0.251 e. The third-order valence-electron chi connectivity index (χ3n) is 5.16. The summed E-state index contributed by atoms with van der Waals surface area (Å²) in [5, 5.41) is 2.76. The van der Waals surface area contributed by atoms with Gasteiger partial charge in [0, 0.05) is 25.2 Å². The van der Waals surface area contributed by atoms with Gasteiger partial charge in [0.1, 0.15) is 0 Å². The van der Waals surface area contributed by atoms with E-state index in [1.807, 2.05) is 0 Å². The Labute approximate surface area is 183 Å². The van der Waals surface area contributed by atoms with Crippen molar-refractivity contribution in [2.75, 3.05) is 24.1 Å². The van der Waals surface area contributed by atoms with Crippen molar-refractivity contribution in [3.63, 3.8) is 0 Å². The largest absolute Gasteiger partial charge is 0.348 e. The van der Waals surface area contributed by atoms with Gasteiger partial charge in [-0.1, -0.05) is 30.7 Å². The zero-order chi connectivity index (χ0) is 22.6. The van der Waals surface area contributed by atoms with Crippen LogP contribution in [0.2, 0.25) is 0 Å². The number of nitrogens with one attached hydrogen (secondary N) is 2. The molecule has 31 heavy (non-hydrogen) atoms. The first-order valence-corrected chi connectivity index (χ1v) is 13.4. The van der Waals surface area contributed by atoms with Crippen LogP contribution in [0.4, 0.5) is 5.69 Å². The highest BCUT2D eigenvalue weighted by molar-refractivity contribution is 7.92. The van der Waals surface area contributed by atoms with E-state index in [1.54, 1.807) is 37.3 Å². The van der Waals surface area contributed by atoms with Crippen molar-refractivity contribution in [2.24, 2.45) is 0 Å². The van der Waals surface area contributed by atoms with E-state index in [9.17, 15) is 21.6 Å². The Kier molecular flexibility index (Phi) is 7.03. The first-order valence-electron chi connectivity index (χ1n) is 10.0. The molecule has 1 heterocycles. The molecule has 0 unspecified atom stereocenters. The number of hydrogen-bond acceptors (Lipinski definition) is 5. The van der Waals surface area contributed by atoms with Gasteiger partial charge >= 0.3 is 0 Å². The Bertz CT molecular complexity index is 1170. The number of rotatable bonds is 7. The van der Waals surface area contributed by atoms with Crippen LogP contribution in [0.3, 0.4) is 0 Å². The minimum atomic E-state index is -3.65. The number of carbonyl (C=O) groups is 1. The molecule has 0 aromatic heterocycles. The van der Waals surface area contributed by atoms with Crippen molar-refractivity contribution < 1.29 is 21.6 Å². The number of piperidine rings is 1. The van der Waals surface area contributed by atoms with Gasteiger partial charge in [-0.3, -0.25) is 9.52 Å². The zero-order valence-electron chi connectivity index (χ0n) is 17.6. The molecule has 8 nitrogen and oxygen atoms in total. The van der Waals surface area contributed by atoms with Gasteiger partial charge < -0.3 is 5.32 Å². The highest BCUT2D eigenvalue weighted by atomic mass is 32.2. The number of amides is 1. The smallest absolute Gasteiger partial charge is 0.251 e. The van der Waals surface area contributed by atoms with Gasteiger partial charge in [0.15, 0.2) is 0 Å². The molecule has 3 rings (SSSR count). The molecule has 0 radical (unpaired) electrons. The Morgan fingerprint density at radius 3 is 2.35 bits per heavy atom. The topological polar surface area (TPSA) is 113 Å². The number of hydrogen-bond donors (Lipinski definition) is 2. The third kappa shape index (κ3) is 5.84. The van der Waals surface area contributed by atoms with Gasteiger partial charge in [-0.2, -0.15) is 4.31 Å². The third-order valence-corrected chi connectivity index (χ3v) is 7.64. The Hall–Kier alpha value is -2.43. The molecule has 0 aliphatic carbocycles. The fraction of sp³-hybridized carbons (Fsp3) is 0.381. The first kappa shape index (κ1) is 23.2. The summed E-state index contributed by atoms with van der Waals surface area (Å²) in [7, 11) is -7.12. The summed E-state index contributed by atoms with van der Waals surface area (Å²) in [6.07, 6.45) is 3.74. The average Bonchev–Trinajstić information content (AvgIpc) is 2.72. The predicted molar refractivity (Wildman–Crippen MR) is 120 cm³/mol. The lowest BCUT2D eigenvalue weighted by molar-refractivity contribution is 0.0950. The molecular formula is C21H27N3O5S2. The highest BCUT2D eigenvalue weighted by Crippen LogP contribution is 2.23. The van der Waals surface area contributed by atoms with Gasteiger partial charge in [0.25, 0.3) is 5.91 Å². The Morgan fingerprint density at radius 2 is 1.68 bits per heavy atom. The second-order valence-electron chi connectivity index (χ2n) is 7.66. The number of sulfonamides is 2. The Morgan fingerprint density at radius 1 is 1.00 bits per heavy atom. The van der Waals surface area contributed by atoms with Crippen LogP contribution in [0, 0.1) is 6.92 Å². The SMILES string of the molecule is Cc1ccc(S(=O)(=O)N2CCCCC2)cc1C(=O)NCc1ccccc1NS(C)(=O)=O. The summed E-state index contributed by atoms with van der Waals surface area (Å²) < 4.78 is 52.9. The molecule has 168 valence electrons. The number of para-hydroxylation sites is 1. The molecule has 1 aliphatic rings. The molecule has 2 aromatic carbocycles. The fourth-order valence-electron chi connectivity index (χ4n) is 3.51. The number of benzene rings is 2. The normalized spacial score (nSPS) is 15.4. The van der Waals surface area contributed by atoms with Crippen LogP contribution in [-0.4, -0.2) is 46.4 Å². The summed E-state index contributed by atoms with van der Waals surface area (Å²) in [5.41, 5.74) is 1.89. The molecule has 0 spiro atoms. The van der Waals surface area contributed by atoms with Crippen molar-refractivity contribution in [1.82, 2.24) is 9.62 Å². The van der Waals surface area contributed by atoms with Crippen LogP contribution in [0.1, 0.15) is 40.7 Å². The molecule has 1 fully saturated rings. The van der Waals surface area contributed by atoms with Crippen LogP contribution in [0.15, 0.2) is 47.4 Å². The van der Waals surface area contributed by atoms with Crippen LogP contribution in [-0.2, 0) is 26.6 Å². The van der Waals surface area contributed by atoms with Gasteiger partial charge in [-0.25, -0.2) is 16.8 Å². The van der Waals surface area contributed by atoms with Gasteiger partial charge in [-0.05, 0) is 49.1 Å². The molecule has 1 aliphatic heterocycles. The fourth-order valence-corrected chi connectivity index (χ4v) is 5.65. The zero-order valence-corrected chi connectivity index (χ0v) is 19.2. The number of nitrogens with zero attached hydrogens (tertiary/aromatic N) is 1. The van der Waals surface area contributed by atoms with Crippen LogP contribution < -0.4 is 10.0 Å². The molecular weight excluding hydrogens is 438 g/mol. The van der Waals surface area contributed by atoms with E-state index in [0.29, 0.717) is 29.9 Å². The van der Waals surface area contributed by atoms with Crippen molar-refractivity contribution in [1.29, 1.82) is 0 Å². The second-order valence-corrected chi connectivity index (χ2v) is 11.3. The lowest BCUT2D eigenvalue weighted by Gasteiger charge is -2.26. The molecule has 0 bridgehead atoms. The maximum atomic E-state index is 13.0. The molecule has 0 atom stereocenters. The first-order chi connectivity index (χ1) is 14.6. The number of aryl methyl sites for hydroxylation is 1. The predicted octanol–water partition coefficient (Wildman–Crippen LogP) is 2.47. The average molecular weight is 466 g/mol. The standard InChI is InChI=1S/C21H27N3O5S2/c1-16-10-11-18(31(28,29)24-12-6-3-7-13-24)14-19(16)21(25)22-15-17-8-4-5-9-20(17)23-30(2,26)27/h4-5,8-11,14,23H,3,6-7,12-13,15H2,1-2H3,(H,22,25). The van der Waals surface area contributed by atoms with E-state index >= 15 is 0 Å². The minimum absolute atomic E-state index is 0.0834.